The molecule has 0 atom stereocenters. The van der Waals surface area contributed by atoms with E-state index in [1.54, 1.807) is 36.7 Å². The number of nitrogens with one attached hydrogen (secondary N) is 1. The van der Waals surface area contributed by atoms with Gasteiger partial charge in [0.15, 0.2) is 5.76 Å². The molecule has 3 rings (SSSR count). The Morgan fingerprint density at radius 3 is 2.46 bits per heavy atom. The minimum Gasteiger partial charge on any atom is -0.459 e. The summed E-state index contributed by atoms with van der Waals surface area (Å²) >= 11 is 3.58. The largest absolute Gasteiger partial charge is 0.459 e. The summed E-state index contributed by atoms with van der Waals surface area (Å²) < 4.78 is 7.35. The van der Waals surface area contributed by atoms with E-state index in [9.17, 15) is 9.59 Å². The number of furan rings is 1. The van der Waals surface area contributed by atoms with Gasteiger partial charge in [-0.05, 0) is 43.0 Å². The van der Waals surface area contributed by atoms with Crippen LogP contribution < -0.4 is 5.32 Å². The Morgan fingerprint density at radius 2 is 1.83 bits per heavy atom. The Kier molecular flexibility index (Phi) is 5.35. The minimum absolute atomic E-state index is 0.178. The van der Waals surface area contributed by atoms with E-state index in [-0.39, 0.29) is 23.3 Å². The summed E-state index contributed by atoms with van der Waals surface area (Å²) in [4.78, 5) is 25.2. The molecule has 1 aliphatic rings. The maximum Gasteiger partial charge on any atom is 0.291 e. The third kappa shape index (κ3) is 3.70. The quantitative estimate of drug-likeness (QED) is 0.789. The number of hydrogen-bond donors (Lipinski definition) is 1. The van der Waals surface area contributed by atoms with Gasteiger partial charge in [-0.2, -0.15) is 0 Å². The van der Waals surface area contributed by atoms with Crippen LogP contribution in [0.3, 0.4) is 0 Å². The number of hydrogen-bond acceptors (Lipinski definition) is 3. The Labute approximate surface area is 148 Å². The van der Waals surface area contributed by atoms with E-state index in [1.165, 1.54) is 17.3 Å². The van der Waals surface area contributed by atoms with Crippen molar-refractivity contribution in [1.82, 2.24) is 9.88 Å². The molecule has 0 aromatic carbocycles. The van der Waals surface area contributed by atoms with E-state index in [0.717, 1.165) is 30.2 Å². The van der Waals surface area contributed by atoms with Crippen LogP contribution in [0.25, 0.3) is 0 Å². The van der Waals surface area contributed by atoms with Crippen molar-refractivity contribution in [3.8, 4) is 0 Å². The highest BCUT2D eigenvalue weighted by Crippen LogP contribution is 2.34. The van der Waals surface area contributed by atoms with Gasteiger partial charge in [-0.25, -0.2) is 0 Å². The standard InChI is InChI=1S/C18H19BrN2O3/c19-15(13-7-2-1-3-8-13)16(18(23)21-10-4-5-11-21)20-17(22)14-9-6-12-24-14/h4-6,9-13H,1-3,7-8H2,(H,20,22)/b16-15+. The van der Waals surface area contributed by atoms with Crippen molar-refractivity contribution in [3.63, 3.8) is 0 Å². The number of allylic oxidation sites excluding steroid dienone is 2. The van der Waals surface area contributed by atoms with Crippen LogP contribution in [0.4, 0.5) is 0 Å². The molecular weight excluding hydrogens is 372 g/mol. The van der Waals surface area contributed by atoms with E-state index < -0.39 is 5.91 Å². The van der Waals surface area contributed by atoms with Gasteiger partial charge in [0.1, 0.15) is 5.70 Å². The molecule has 0 unspecified atom stereocenters. The van der Waals surface area contributed by atoms with Crippen molar-refractivity contribution >= 4 is 27.7 Å². The molecule has 1 aliphatic carbocycles. The third-order valence-corrected chi connectivity index (χ3v) is 5.28. The van der Waals surface area contributed by atoms with Crippen LogP contribution in [0, 0.1) is 5.92 Å². The first kappa shape index (κ1) is 16.8. The number of carbonyl (C=O) groups is 2. The van der Waals surface area contributed by atoms with Crippen molar-refractivity contribution in [2.24, 2.45) is 5.92 Å². The monoisotopic (exact) mass is 390 g/mol. The second kappa shape index (κ2) is 7.66. The summed E-state index contributed by atoms with van der Waals surface area (Å²) in [6, 6.07) is 6.76. The van der Waals surface area contributed by atoms with Crippen molar-refractivity contribution in [2.75, 3.05) is 0 Å². The summed E-state index contributed by atoms with van der Waals surface area (Å²) in [6.07, 6.45) is 10.3. The van der Waals surface area contributed by atoms with Crippen molar-refractivity contribution in [3.05, 3.63) is 58.9 Å². The van der Waals surface area contributed by atoms with Gasteiger partial charge in [-0.15, -0.1) is 0 Å². The van der Waals surface area contributed by atoms with E-state index in [2.05, 4.69) is 21.2 Å². The summed E-state index contributed by atoms with van der Waals surface area (Å²) in [5.74, 6) is -0.262. The van der Waals surface area contributed by atoms with E-state index in [1.807, 2.05) is 0 Å². The fraction of sp³-hybridized carbons (Fsp3) is 0.333. The molecule has 6 heteroatoms. The fourth-order valence-corrected chi connectivity index (χ4v) is 3.68. The molecule has 1 fully saturated rings. The molecule has 2 heterocycles. The first-order chi connectivity index (χ1) is 11.7. The van der Waals surface area contributed by atoms with Crippen LogP contribution in [0.15, 0.2) is 57.5 Å². The molecule has 5 nitrogen and oxygen atoms in total. The molecule has 0 radical (unpaired) electrons. The molecule has 2 aromatic heterocycles. The van der Waals surface area contributed by atoms with Crippen LogP contribution in [0.5, 0.6) is 0 Å². The highest BCUT2D eigenvalue weighted by atomic mass is 79.9. The van der Waals surface area contributed by atoms with Crippen LogP contribution in [0.2, 0.25) is 0 Å². The Bertz CT molecular complexity index is 726. The number of aromatic nitrogens is 1. The zero-order chi connectivity index (χ0) is 16.9. The second-order valence-electron chi connectivity index (χ2n) is 5.88. The zero-order valence-corrected chi connectivity index (χ0v) is 14.8. The van der Waals surface area contributed by atoms with Crippen LogP contribution in [-0.4, -0.2) is 16.4 Å². The molecule has 0 aliphatic heterocycles. The predicted octanol–water partition coefficient (Wildman–Crippen LogP) is 4.34. The third-order valence-electron chi connectivity index (χ3n) is 4.24. The van der Waals surface area contributed by atoms with Crippen LogP contribution in [-0.2, 0) is 0 Å². The number of amides is 1. The Hall–Kier alpha value is -2.08. The summed E-state index contributed by atoms with van der Waals surface area (Å²) in [5.41, 5.74) is 0.277. The molecule has 1 N–H and O–H groups in total. The molecule has 0 saturated heterocycles. The summed E-state index contributed by atoms with van der Waals surface area (Å²) in [6.45, 7) is 0. The topological polar surface area (TPSA) is 64.2 Å². The smallest absolute Gasteiger partial charge is 0.291 e. The molecule has 1 amide bonds. The van der Waals surface area contributed by atoms with Crippen LogP contribution >= 0.6 is 15.9 Å². The highest BCUT2D eigenvalue weighted by Gasteiger charge is 2.25. The highest BCUT2D eigenvalue weighted by molar-refractivity contribution is 9.11. The van der Waals surface area contributed by atoms with Gasteiger partial charge in [0.2, 0.25) is 0 Å². The fourth-order valence-electron chi connectivity index (χ4n) is 2.96. The molecular formula is C18H19BrN2O3. The molecule has 24 heavy (non-hydrogen) atoms. The van der Waals surface area contributed by atoms with E-state index in [0.29, 0.717) is 0 Å². The van der Waals surface area contributed by atoms with E-state index in [4.69, 9.17) is 4.42 Å². The maximum absolute atomic E-state index is 12.8. The first-order valence-electron chi connectivity index (χ1n) is 8.09. The van der Waals surface area contributed by atoms with Crippen molar-refractivity contribution in [1.29, 1.82) is 0 Å². The molecule has 1 saturated carbocycles. The van der Waals surface area contributed by atoms with Gasteiger partial charge in [-0.3, -0.25) is 14.2 Å². The Morgan fingerprint density at radius 1 is 1.12 bits per heavy atom. The molecule has 0 bridgehead atoms. The van der Waals surface area contributed by atoms with Crippen LogP contribution in [0.1, 0.15) is 47.5 Å². The van der Waals surface area contributed by atoms with E-state index >= 15 is 0 Å². The summed E-state index contributed by atoms with van der Waals surface area (Å²) in [7, 11) is 0. The predicted molar refractivity (Wildman–Crippen MR) is 93.8 cm³/mol. The minimum atomic E-state index is -0.428. The van der Waals surface area contributed by atoms with Gasteiger partial charge >= 0.3 is 0 Å². The molecule has 2 aromatic rings. The average molecular weight is 391 g/mol. The zero-order valence-electron chi connectivity index (χ0n) is 13.2. The average Bonchev–Trinajstić information content (AvgIpc) is 3.32. The van der Waals surface area contributed by atoms with Gasteiger partial charge in [0.25, 0.3) is 11.8 Å². The lowest BCUT2D eigenvalue weighted by Crippen LogP contribution is -2.31. The lowest BCUT2D eigenvalue weighted by atomic mass is 9.88. The van der Waals surface area contributed by atoms with Gasteiger partial charge in [0, 0.05) is 16.9 Å². The summed E-state index contributed by atoms with van der Waals surface area (Å²) in [5, 5.41) is 2.73. The molecule has 126 valence electrons. The number of rotatable bonds is 4. The lowest BCUT2D eigenvalue weighted by Gasteiger charge is -2.23. The number of nitrogens with zero attached hydrogens (tertiary/aromatic N) is 1. The SMILES string of the molecule is O=C(N/C(C(=O)n1cccc1)=C(/Br)C1CCCCC1)c1ccco1. The first-order valence-corrected chi connectivity index (χ1v) is 8.88. The van der Waals surface area contributed by atoms with Gasteiger partial charge in [0.05, 0.1) is 6.26 Å². The van der Waals surface area contributed by atoms with Crippen molar-refractivity contribution < 1.29 is 14.0 Å². The second-order valence-corrected chi connectivity index (χ2v) is 6.74. The molecule has 0 spiro atoms. The van der Waals surface area contributed by atoms with Gasteiger partial charge in [-0.1, -0.05) is 35.2 Å². The Balaban J connectivity index is 1.90. The number of halogens is 1. The van der Waals surface area contributed by atoms with Crippen molar-refractivity contribution in [2.45, 2.75) is 32.1 Å². The van der Waals surface area contributed by atoms with Gasteiger partial charge < -0.3 is 9.73 Å². The normalized spacial score (nSPS) is 16.5. The number of carbonyl (C=O) groups excluding carboxylic acids is 2. The lowest BCUT2D eigenvalue weighted by molar-refractivity contribution is 0.0883. The maximum atomic E-state index is 12.8.